The second kappa shape index (κ2) is 10.7. The number of hydrogen-bond acceptors (Lipinski definition) is 5. The van der Waals surface area contributed by atoms with Crippen molar-refractivity contribution >= 4 is 11.6 Å². The number of nitrogens with zero attached hydrogens (tertiary/aromatic N) is 2. The van der Waals surface area contributed by atoms with Gasteiger partial charge in [0.1, 0.15) is 24.2 Å². The molecule has 0 amide bonds. The molecule has 5 nitrogen and oxygen atoms in total. The highest BCUT2D eigenvalue weighted by atomic mass is 35.5. The van der Waals surface area contributed by atoms with Crippen LogP contribution in [0.3, 0.4) is 0 Å². The van der Waals surface area contributed by atoms with E-state index in [-0.39, 0.29) is 6.61 Å². The summed E-state index contributed by atoms with van der Waals surface area (Å²) in [5, 5.41) is 10.9. The Morgan fingerprint density at radius 2 is 1.64 bits per heavy atom. The van der Waals surface area contributed by atoms with Gasteiger partial charge in [0.15, 0.2) is 0 Å². The fourth-order valence-corrected chi connectivity index (χ4v) is 3.53. The molecule has 152 valence electrons. The van der Waals surface area contributed by atoms with Gasteiger partial charge in [-0.2, -0.15) is 0 Å². The van der Waals surface area contributed by atoms with Crippen LogP contribution in [0.15, 0.2) is 48.5 Å². The van der Waals surface area contributed by atoms with Crippen LogP contribution in [0.4, 0.5) is 0 Å². The van der Waals surface area contributed by atoms with E-state index in [0.717, 1.165) is 38.5 Å². The van der Waals surface area contributed by atoms with Crippen molar-refractivity contribution in [2.45, 2.75) is 19.6 Å². The van der Waals surface area contributed by atoms with Gasteiger partial charge in [-0.05, 0) is 36.8 Å². The molecule has 0 bridgehead atoms. The summed E-state index contributed by atoms with van der Waals surface area (Å²) in [7, 11) is 0. The van der Waals surface area contributed by atoms with Crippen LogP contribution >= 0.6 is 11.6 Å². The largest absolute Gasteiger partial charge is 0.494 e. The Balaban J connectivity index is 1.37. The van der Waals surface area contributed by atoms with Gasteiger partial charge >= 0.3 is 0 Å². The molecule has 2 aromatic rings. The first-order valence-electron chi connectivity index (χ1n) is 9.86. The van der Waals surface area contributed by atoms with E-state index in [0.29, 0.717) is 23.9 Å². The second-order valence-corrected chi connectivity index (χ2v) is 7.46. The van der Waals surface area contributed by atoms with Crippen molar-refractivity contribution < 1.29 is 14.6 Å². The minimum atomic E-state index is -0.533. The van der Waals surface area contributed by atoms with Crippen molar-refractivity contribution in [3.05, 3.63) is 59.1 Å². The van der Waals surface area contributed by atoms with Gasteiger partial charge in [0, 0.05) is 39.3 Å². The Morgan fingerprint density at radius 1 is 0.964 bits per heavy atom. The minimum absolute atomic E-state index is 0.246. The molecule has 3 rings (SSSR count). The van der Waals surface area contributed by atoms with E-state index in [1.54, 1.807) is 6.07 Å². The third-order valence-electron chi connectivity index (χ3n) is 4.84. The lowest BCUT2D eigenvalue weighted by Gasteiger charge is -2.35. The highest BCUT2D eigenvalue weighted by molar-refractivity contribution is 6.32. The van der Waals surface area contributed by atoms with E-state index >= 15 is 0 Å². The molecule has 0 saturated carbocycles. The van der Waals surface area contributed by atoms with Gasteiger partial charge in [0.25, 0.3) is 0 Å². The average molecular weight is 405 g/mol. The monoisotopic (exact) mass is 404 g/mol. The number of aliphatic hydroxyl groups excluding tert-OH is 1. The van der Waals surface area contributed by atoms with Crippen LogP contribution in [0.5, 0.6) is 11.5 Å². The number of aliphatic hydroxyl groups is 1. The summed E-state index contributed by atoms with van der Waals surface area (Å²) >= 11 is 6.08. The topological polar surface area (TPSA) is 45.2 Å². The summed E-state index contributed by atoms with van der Waals surface area (Å²) in [6.07, 6.45) is -0.533. The molecule has 1 heterocycles. The van der Waals surface area contributed by atoms with E-state index in [1.807, 2.05) is 37.3 Å². The fraction of sp³-hybridized carbons (Fsp3) is 0.455. The van der Waals surface area contributed by atoms with Crippen molar-refractivity contribution in [3.8, 4) is 11.5 Å². The van der Waals surface area contributed by atoms with Gasteiger partial charge in [0.2, 0.25) is 0 Å². The predicted octanol–water partition coefficient (Wildman–Crippen LogP) is 3.30. The van der Waals surface area contributed by atoms with Crippen LogP contribution in [0.1, 0.15) is 12.5 Å². The van der Waals surface area contributed by atoms with Gasteiger partial charge in [-0.1, -0.05) is 35.9 Å². The molecule has 0 aliphatic carbocycles. The van der Waals surface area contributed by atoms with Gasteiger partial charge in [-0.25, -0.2) is 0 Å². The number of benzene rings is 2. The molecule has 0 spiro atoms. The van der Waals surface area contributed by atoms with Gasteiger partial charge < -0.3 is 14.6 Å². The summed E-state index contributed by atoms with van der Waals surface area (Å²) in [5.41, 5.74) is 1.30. The minimum Gasteiger partial charge on any atom is -0.494 e. The van der Waals surface area contributed by atoms with Crippen LogP contribution in [-0.2, 0) is 6.54 Å². The number of rotatable bonds is 9. The lowest BCUT2D eigenvalue weighted by molar-refractivity contribution is 0.0446. The Bertz CT molecular complexity index is 718. The molecule has 1 unspecified atom stereocenters. The zero-order valence-electron chi connectivity index (χ0n) is 16.4. The lowest BCUT2D eigenvalue weighted by Crippen LogP contribution is -2.48. The normalized spacial score (nSPS) is 16.7. The van der Waals surface area contributed by atoms with Crippen molar-refractivity contribution in [2.24, 2.45) is 0 Å². The molecule has 1 aliphatic rings. The number of halogens is 1. The van der Waals surface area contributed by atoms with Crippen molar-refractivity contribution in [3.63, 3.8) is 0 Å². The first-order chi connectivity index (χ1) is 13.6. The number of β-amino-alcohol motifs (C(OH)–C–C–N with tert-alkyl or cyclic N) is 1. The molecular weight excluding hydrogens is 376 g/mol. The Labute approximate surface area is 172 Å². The van der Waals surface area contributed by atoms with Gasteiger partial charge in [0.05, 0.1) is 11.6 Å². The van der Waals surface area contributed by atoms with Crippen molar-refractivity contribution in [1.82, 2.24) is 9.80 Å². The number of hydrogen-bond donors (Lipinski definition) is 1. The highest BCUT2D eigenvalue weighted by Crippen LogP contribution is 2.23. The summed E-state index contributed by atoms with van der Waals surface area (Å²) in [5.74, 6) is 1.53. The first kappa shape index (κ1) is 20.9. The van der Waals surface area contributed by atoms with Gasteiger partial charge in [-0.3, -0.25) is 9.80 Å². The summed E-state index contributed by atoms with van der Waals surface area (Å²) in [4.78, 5) is 4.73. The molecule has 28 heavy (non-hydrogen) atoms. The zero-order valence-corrected chi connectivity index (χ0v) is 17.1. The smallest absolute Gasteiger partial charge is 0.138 e. The summed E-state index contributed by atoms with van der Waals surface area (Å²) < 4.78 is 11.1. The lowest BCUT2D eigenvalue weighted by atomic mass is 10.2. The molecule has 6 heteroatoms. The molecule has 1 saturated heterocycles. The number of ether oxygens (including phenoxy) is 2. The van der Waals surface area contributed by atoms with E-state index < -0.39 is 6.10 Å². The number of para-hydroxylation sites is 1. The number of piperazine rings is 1. The maximum Gasteiger partial charge on any atom is 0.138 e. The predicted molar refractivity (Wildman–Crippen MR) is 112 cm³/mol. The zero-order chi connectivity index (χ0) is 19.8. The quantitative estimate of drug-likeness (QED) is 0.694. The maximum atomic E-state index is 10.3. The van der Waals surface area contributed by atoms with Crippen LogP contribution in [0.2, 0.25) is 5.02 Å². The van der Waals surface area contributed by atoms with Gasteiger partial charge in [-0.15, -0.1) is 0 Å². The standard InChI is InChI=1S/C22H29ClN2O3/c1-2-27-20-9-7-18(8-10-20)15-24-11-13-25(14-12-24)16-19(26)17-28-22-6-4-3-5-21(22)23/h3-10,19,26H,2,11-17H2,1H3. The Morgan fingerprint density at radius 3 is 2.32 bits per heavy atom. The Hall–Kier alpha value is -1.79. The fourth-order valence-electron chi connectivity index (χ4n) is 3.34. The maximum absolute atomic E-state index is 10.3. The van der Waals surface area contributed by atoms with Crippen molar-refractivity contribution in [1.29, 1.82) is 0 Å². The van der Waals surface area contributed by atoms with Crippen LogP contribution in [0, 0.1) is 0 Å². The van der Waals surface area contributed by atoms with Crippen LogP contribution < -0.4 is 9.47 Å². The molecule has 1 aliphatic heterocycles. The molecule has 2 aromatic carbocycles. The van der Waals surface area contributed by atoms with E-state index in [9.17, 15) is 5.11 Å². The van der Waals surface area contributed by atoms with E-state index in [2.05, 4.69) is 21.9 Å². The molecule has 0 aromatic heterocycles. The molecule has 1 N–H and O–H groups in total. The third kappa shape index (κ3) is 6.38. The third-order valence-corrected chi connectivity index (χ3v) is 5.15. The molecule has 0 radical (unpaired) electrons. The second-order valence-electron chi connectivity index (χ2n) is 7.05. The molecule has 1 fully saturated rings. The SMILES string of the molecule is CCOc1ccc(CN2CCN(CC(O)COc3ccccc3Cl)CC2)cc1. The van der Waals surface area contributed by atoms with Crippen molar-refractivity contribution in [2.75, 3.05) is 45.9 Å². The van der Waals surface area contributed by atoms with E-state index in [4.69, 9.17) is 21.1 Å². The molecular formula is C22H29ClN2O3. The van der Waals surface area contributed by atoms with Crippen LogP contribution in [-0.4, -0.2) is 66.9 Å². The van der Waals surface area contributed by atoms with E-state index in [1.165, 1.54) is 5.56 Å². The Kier molecular flexibility index (Phi) is 7.98. The molecule has 1 atom stereocenters. The van der Waals surface area contributed by atoms with Crippen LogP contribution in [0.25, 0.3) is 0 Å². The first-order valence-corrected chi connectivity index (χ1v) is 10.2. The summed E-state index contributed by atoms with van der Waals surface area (Å²) in [6, 6.07) is 15.7. The average Bonchev–Trinajstić information content (AvgIpc) is 2.71. The summed E-state index contributed by atoms with van der Waals surface area (Å²) in [6.45, 7) is 8.36. The highest BCUT2D eigenvalue weighted by Gasteiger charge is 2.19.